The van der Waals surface area contributed by atoms with Crippen molar-refractivity contribution in [1.29, 1.82) is 0 Å². The molecule has 1 aliphatic rings. The molecule has 0 bridgehead atoms. The van der Waals surface area contributed by atoms with Gasteiger partial charge in [-0.2, -0.15) is 0 Å². The topological polar surface area (TPSA) is 44.4 Å². The van der Waals surface area contributed by atoms with Crippen LogP contribution in [0.2, 0.25) is 0 Å². The first-order chi connectivity index (χ1) is 9.25. The molecule has 0 aliphatic carbocycles. The normalized spacial score (nSPS) is 19.4. The minimum absolute atomic E-state index is 0.0944. The van der Waals surface area contributed by atoms with E-state index in [0.717, 1.165) is 18.7 Å². The third kappa shape index (κ3) is 4.65. The van der Waals surface area contributed by atoms with Gasteiger partial charge < -0.3 is 10.6 Å². The molecule has 2 N–H and O–H groups in total. The van der Waals surface area contributed by atoms with Crippen molar-refractivity contribution in [3.05, 3.63) is 35.9 Å². The third-order valence-electron chi connectivity index (χ3n) is 3.62. The molecule has 19 heavy (non-hydrogen) atoms. The van der Waals surface area contributed by atoms with Crippen LogP contribution >= 0.6 is 0 Å². The van der Waals surface area contributed by atoms with Gasteiger partial charge in [0, 0.05) is 19.1 Å². The molecular weight excluding hydrogens is 238 g/mol. The van der Waals surface area contributed by atoms with E-state index in [0.29, 0.717) is 19.1 Å². The maximum atomic E-state index is 11.9. The standard InChI is InChI=1S/C15H23N3O/c1-18(14-8-5-9-16-11-14)12-15(19)17-10-13-6-3-2-4-7-13/h2-4,6-7,14,16H,5,8-12H2,1H3,(H,17,19). The Morgan fingerprint density at radius 1 is 1.42 bits per heavy atom. The van der Waals surface area contributed by atoms with E-state index in [1.165, 1.54) is 12.8 Å². The number of carbonyl (C=O) groups is 1. The molecule has 4 heteroatoms. The Morgan fingerprint density at radius 3 is 2.89 bits per heavy atom. The zero-order valence-corrected chi connectivity index (χ0v) is 11.6. The van der Waals surface area contributed by atoms with Crippen LogP contribution in [-0.2, 0) is 11.3 Å². The van der Waals surface area contributed by atoms with Gasteiger partial charge in [-0.3, -0.25) is 9.69 Å². The van der Waals surface area contributed by atoms with Crippen molar-refractivity contribution in [1.82, 2.24) is 15.5 Å². The lowest BCUT2D eigenvalue weighted by molar-refractivity contribution is -0.122. The lowest BCUT2D eigenvalue weighted by atomic mass is 10.1. The van der Waals surface area contributed by atoms with Crippen LogP contribution in [0.4, 0.5) is 0 Å². The predicted octanol–water partition coefficient (Wildman–Crippen LogP) is 0.987. The molecule has 0 aromatic heterocycles. The summed E-state index contributed by atoms with van der Waals surface area (Å²) in [6, 6.07) is 10.5. The van der Waals surface area contributed by atoms with Gasteiger partial charge >= 0.3 is 0 Å². The molecule has 0 spiro atoms. The predicted molar refractivity (Wildman–Crippen MR) is 76.8 cm³/mol. The van der Waals surface area contributed by atoms with Crippen LogP contribution in [0.15, 0.2) is 30.3 Å². The average Bonchev–Trinajstić information content (AvgIpc) is 2.47. The number of likely N-dealkylation sites (N-methyl/N-ethyl adjacent to an activating group) is 1. The van der Waals surface area contributed by atoms with Crippen molar-refractivity contribution < 1.29 is 4.79 Å². The second kappa shape index (κ2) is 7.26. The second-order valence-electron chi connectivity index (χ2n) is 5.18. The van der Waals surface area contributed by atoms with E-state index < -0.39 is 0 Å². The van der Waals surface area contributed by atoms with Gasteiger partial charge in [0.1, 0.15) is 0 Å². The molecule has 1 saturated heterocycles. The first-order valence-corrected chi connectivity index (χ1v) is 6.97. The van der Waals surface area contributed by atoms with Crippen molar-refractivity contribution >= 4 is 5.91 Å². The Labute approximate surface area is 115 Å². The molecule has 1 unspecified atom stereocenters. The van der Waals surface area contributed by atoms with Gasteiger partial charge in [-0.1, -0.05) is 30.3 Å². The second-order valence-corrected chi connectivity index (χ2v) is 5.18. The molecule has 1 aliphatic heterocycles. The van der Waals surface area contributed by atoms with Gasteiger partial charge in [-0.05, 0) is 32.0 Å². The highest BCUT2D eigenvalue weighted by Crippen LogP contribution is 2.07. The van der Waals surface area contributed by atoms with E-state index in [1.807, 2.05) is 37.4 Å². The van der Waals surface area contributed by atoms with E-state index in [9.17, 15) is 4.79 Å². The van der Waals surface area contributed by atoms with Crippen molar-refractivity contribution in [3.63, 3.8) is 0 Å². The number of nitrogens with zero attached hydrogens (tertiary/aromatic N) is 1. The van der Waals surface area contributed by atoms with E-state index >= 15 is 0 Å². The molecule has 1 aromatic carbocycles. The van der Waals surface area contributed by atoms with Crippen molar-refractivity contribution in [3.8, 4) is 0 Å². The van der Waals surface area contributed by atoms with E-state index in [4.69, 9.17) is 0 Å². The van der Waals surface area contributed by atoms with E-state index in [-0.39, 0.29) is 5.91 Å². The van der Waals surface area contributed by atoms with Crippen molar-refractivity contribution in [2.45, 2.75) is 25.4 Å². The molecule has 1 atom stereocenters. The lowest BCUT2D eigenvalue weighted by Gasteiger charge is -2.31. The summed E-state index contributed by atoms with van der Waals surface area (Å²) in [6.45, 7) is 3.17. The SMILES string of the molecule is CN(CC(=O)NCc1ccccc1)C1CCCNC1. The monoisotopic (exact) mass is 261 g/mol. The van der Waals surface area contributed by atoms with E-state index in [1.54, 1.807) is 0 Å². The molecule has 0 radical (unpaired) electrons. The molecule has 1 fully saturated rings. The summed E-state index contributed by atoms with van der Waals surface area (Å²) in [6.07, 6.45) is 2.37. The van der Waals surface area contributed by atoms with Crippen LogP contribution in [0.5, 0.6) is 0 Å². The van der Waals surface area contributed by atoms with Crippen LogP contribution in [0.25, 0.3) is 0 Å². The minimum Gasteiger partial charge on any atom is -0.351 e. The van der Waals surface area contributed by atoms with Crippen molar-refractivity contribution in [2.75, 3.05) is 26.7 Å². The molecule has 104 valence electrons. The summed E-state index contributed by atoms with van der Waals surface area (Å²) in [7, 11) is 2.03. The third-order valence-corrected chi connectivity index (χ3v) is 3.62. The number of carbonyl (C=O) groups excluding carboxylic acids is 1. The smallest absolute Gasteiger partial charge is 0.234 e. The summed E-state index contributed by atoms with van der Waals surface area (Å²) < 4.78 is 0. The first-order valence-electron chi connectivity index (χ1n) is 6.97. The molecule has 2 rings (SSSR count). The summed E-state index contributed by atoms with van der Waals surface area (Å²) in [5.41, 5.74) is 1.14. The molecule has 1 heterocycles. The Bertz CT molecular complexity index is 388. The largest absolute Gasteiger partial charge is 0.351 e. The molecule has 1 amide bonds. The van der Waals surface area contributed by atoms with Gasteiger partial charge in [0.05, 0.1) is 6.54 Å². The van der Waals surface area contributed by atoms with Gasteiger partial charge in [0.25, 0.3) is 0 Å². The molecular formula is C15H23N3O. The van der Waals surface area contributed by atoms with Gasteiger partial charge in [-0.15, -0.1) is 0 Å². The fourth-order valence-corrected chi connectivity index (χ4v) is 2.42. The number of amides is 1. The highest BCUT2D eigenvalue weighted by atomic mass is 16.2. The Morgan fingerprint density at radius 2 is 2.21 bits per heavy atom. The van der Waals surface area contributed by atoms with Crippen LogP contribution in [0, 0.1) is 0 Å². The molecule has 0 saturated carbocycles. The van der Waals surface area contributed by atoms with Gasteiger partial charge in [-0.25, -0.2) is 0 Å². The highest BCUT2D eigenvalue weighted by molar-refractivity contribution is 5.78. The van der Waals surface area contributed by atoms with Gasteiger partial charge in [0.2, 0.25) is 5.91 Å². The highest BCUT2D eigenvalue weighted by Gasteiger charge is 2.19. The fourth-order valence-electron chi connectivity index (χ4n) is 2.42. The van der Waals surface area contributed by atoms with E-state index in [2.05, 4.69) is 15.5 Å². The zero-order valence-electron chi connectivity index (χ0n) is 11.6. The fraction of sp³-hybridized carbons (Fsp3) is 0.533. The Kier molecular flexibility index (Phi) is 5.36. The summed E-state index contributed by atoms with van der Waals surface area (Å²) >= 11 is 0. The zero-order chi connectivity index (χ0) is 13.5. The minimum atomic E-state index is 0.0944. The quantitative estimate of drug-likeness (QED) is 0.830. The number of hydrogen-bond donors (Lipinski definition) is 2. The van der Waals surface area contributed by atoms with Gasteiger partial charge in [0.15, 0.2) is 0 Å². The maximum Gasteiger partial charge on any atom is 0.234 e. The van der Waals surface area contributed by atoms with Crippen molar-refractivity contribution in [2.24, 2.45) is 0 Å². The van der Waals surface area contributed by atoms with Crippen LogP contribution in [0.3, 0.4) is 0 Å². The molecule has 4 nitrogen and oxygen atoms in total. The summed E-state index contributed by atoms with van der Waals surface area (Å²) in [4.78, 5) is 14.0. The molecule has 1 aromatic rings. The van der Waals surface area contributed by atoms with Crippen LogP contribution < -0.4 is 10.6 Å². The first kappa shape index (κ1) is 14.0. The Hall–Kier alpha value is -1.39. The van der Waals surface area contributed by atoms with Crippen LogP contribution in [-0.4, -0.2) is 43.5 Å². The lowest BCUT2D eigenvalue weighted by Crippen LogP contribution is -2.47. The number of nitrogens with one attached hydrogen (secondary N) is 2. The van der Waals surface area contributed by atoms with Crippen LogP contribution in [0.1, 0.15) is 18.4 Å². The summed E-state index contributed by atoms with van der Waals surface area (Å²) in [5, 5.41) is 6.34. The summed E-state index contributed by atoms with van der Waals surface area (Å²) in [5.74, 6) is 0.0944. The number of benzene rings is 1. The Balaban J connectivity index is 1.71. The number of hydrogen-bond acceptors (Lipinski definition) is 3. The maximum absolute atomic E-state index is 11.9. The number of rotatable bonds is 5. The average molecular weight is 261 g/mol. The number of piperidine rings is 1.